The number of thioether (sulfide) groups is 2. The van der Waals surface area contributed by atoms with E-state index < -0.39 is 0 Å². The molecule has 0 aliphatic carbocycles. The number of benzene rings is 1. The molecule has 0 amide bonds. The Kier molecular flexibility index (Phi) is 7.90. The zero-order chi connectivity index (χ0) is 15.1. The van der Waals surface area contributed by atoms with Crippen molar-refractivity contribution in [3.05, 3.63) is 28.8 Å². The first-order valence-corrected chi connectivity index (χ1v) is 9.68. The summed E-state index contributed by atoms with van der Waals surface area (Å²) >= 11 is 3.89. The average Bonchev–Trinajstić information content (AvgIpc) is 2.34. The third-order valence-electron chi connectivity index (χ3n) is 2.87. The number of hydrogen-bond acceptors (Lipinski definition) is 3. The molecule has 1 rings (SSSR count). The fraction of sp³-hybridized carbons (Fsp3) is 0.647. The predicted molar refractivity (Wildman–Crippen MR) is 94.8 cm³/mol. The topological polar surface area (TPSA) is 20.2 Å². The predicted octanol–water partition coefficient (Wildman–Crippen LogP) is 5.48. The molecule has 114 valence electrons. The number of rotatable bonds is 8. The molecular formula is C17H28OS2. The van der Waals surface area contributed by atoms with Gasteiger partial charge < -0.3 is 5.11 Å². The molecular weight excluding hydrogens is 284 g/mol. The summed E-state index contributed by atoms with van der Waals surface area (Å²) < 4.78 is 0. The average molecular weight is 313 g/mol. The van der Waals surface area contributed by atoms with Crippen molar-refractivity contribution in [2.45, 2.75) is 46.1 Å². The van der Waals surface area contributed by atoms with E-state index in [1.54, 1.807) is 0 Å². The van der Waals surface area contributed by atoms with Gasteiger partial charge in [-0.15, -0.1) is 0 Å². The van der Waals surface area contributed by atoms with Gasteiger partial charge in [-0.1, -0.05) is 39.8 Å². The Labute approximate surface area is 132 Å². The van der Waals surface area contributed by atoms with Crippen molar-refractivity contribution >= 4 is 23.5 Å². The molecule has 1 aromatic carbocycles. The summed E-state index contributed by atoms with van der Waals surface area (Å²) in [5.74, 6) is 6.21. The van der Waals surface area contributed by atoms with Crippen molar-refractivity contribution in [2.75, 3.05) is 11.5 Å². The highest BCUT2D eigenvalue weighted by molar-refractivity contribution is 7.98. The van der Waals surface area contributed by atoms with Crippen LogP contribution in [0, 0.1) is 18.8 Å². The van der Waals surface area contributed by atoms with Crippen LogP contribution < -0.4 is 0 Å². The van der Waals surface area contributed by atoms with Crippen LogP contribution in [0.4, 0.5) is 0 Å². The minimum atomic E-state index is 0.485. The van der Waals surface area contributed by atoms with E-state index in [1.807, 2.05) is 30.4 Å². The number of aromatic hydroxyl groups is 1. The van der Waals surface area contributed by atoms with Crippen LogP contribution >= 0.6 is 23.5 Å². The molecule has 0 bridgehead atoms. The standard InChI is InChI=1S/C17H28OS2/c1-12(2)8-19-10-15-6-14(5)17(18)16(7-15)11-20-9-13(3)4/h6-7,12-13,18H,8-11H2,1-5H3. The van der Waals surface area contributed by atoms with E-state index in [0.29, 0.717) is 11.7 Å². The van der Waals surface area contributed by atoms with E-state index in [0.717, 1.165) is 34.3 Å². The molecule has 0 fully saturated rings. The molecule has 0 spiro atoms. The van der Waals surface area contributed by atoms with Crippen LogP contribution in [0.3, 0.4) is 0 Å². The maximum atomic E-state index is 10.2. The number of phenolic OH excluding ortho intramolecular Hbond substituents is 1. The normalized spacial score (nSPS) is 11.6. The molecule has 0 unspecified atom stereocenters. The highest BCUT2D eigenvalue weighted by atomic mass is 32.2. The first-order valence-electron chi connectivity index (χ1n) is 7.37. The first-order chi connectivity index (χ1) is 9.40. The van der Waals surface area contributed by atoms with E-state index in [4.69, 9.17) is 0 Å². The second kappa shape index (κ2) is 8.89. The SMILES string of the molecule is Cc1cc(CSCC(C)C)cc(CSCC(C)C)c1O. The van der Waals surface area contributed by atoms with E-state index >= 15 is 0 Å². The summed E-state index contributed by atoms with van der Waals surface area (Å²) in [7, 11) is 0. The Morgan fingerprint density at radius 3 is 2.05 bits per heavy atom. The van der Waals surface area contributed by atoms with Crippen LogP contribution in [0.5, 0.6) is 5.75 Å². The highest BCUT2D eigenvalue weighted by Crippen LogP contribution is 2.29. The molecule has 1 nitrogen and oxygen atoms in total. The van der Waals surface area contributed by atoms with Crippen LogP contribution in [-0.4, -0.2) is 16.6 Å². The maximum Gasteiger partial charge on any atom is 0.122 e. The quantitative estimate of drug-likeness (QED) is 0.686. The molecule has 1 aromatic rings. The summed E-state index contributed by atoms with van der Waals surface area (Å²) in [6.45, 7) is 11.0. The van der Waals surface area contributed by atoms with Gasteiger partial charge in [0.15, 0.2) is 0 Å². The molecule has 0 aliphatic rings. The largest absolute Gasteiger partial charge is 0.507 e. The van der Waals surface area contributed by atoms with Crippen molar-refractivity contribution in [3.8, 4) is 5.75 Å². The van der Waals surface area contributed by atoms with Crippen molar-refractivity contribution < 1.29 is 5.11 Å². The fourth-order valence-corrected chi connectivity index (χ4v) is 3.96. The number of aryl methyl sites for hydroxylation is 1. The van der Waals surface area contributed by atoms with Gasteiger partial charge in [-0.05, 0) is 41.4 Å². The monoisotopic (exact) mass is 312 g/mol. The summed E-state index contributed by atoms with van der Waals surface area (Å²) in [4.78, 5) is 0. The second-order valence-electron chi connectivity index (χ2n) is 6.24. The second-order valence-corrected chi connectivity index (χ2v) is 8.30. The van der Waals surface area contributed by atoms with Gasteiger partial charge >= 0.3 is 0 Å². The summed E-state index contributed by atoms with van der Waals surface area (Å²) in [5, 5.41) is 10.2. The van der Waals surface area contributed by atoms with Crippen molar-refractivity contribution in [1.82, 2.24) is 0 Å². The Morgan fingerprint density at radius 1 is 0.950 bits per heavy atom. The smallest absolute Gasteiger partial charge is 0.122 e. The van der Waals surface area contributed by atoms with Crippen LogP contribution in [-0.2, 0) is 11.5 Å². The number of hydrogen-bond donors (Lipinski definition) is 1. The third-order valence-corrected chi connectivity index (χ3v) is 5.73. The van der Waals surface area contributed by atoms with E-state index in [-0.39, 0.29) is 0 Å². The summed E-state index contributed by atoms with van der Waals surface area (Å²) in [5.41, 5.74) is 3.44. The van der Waals surface area contributed by atoms with Gasteiger partial charge in [-0.2, -0.15) is 23.5 Å². The Morgan fingerprint density at radius 2 is 1.50 bits per heavy atom. The Hall–Kier alpha value is -0.280. The molecule has 20 heavy (non-hydrogen) atoms. The molecule has 0 aromatic heterocycles. The van der Waals surface area contributed by atoms with Crippen LogP contribution in [0.2, 0.25) is 0 Å². The molecule has 0 saturated heterocycles. The lowest BCUT2D eigenvalue weighted by atomic mass is 10.1. The number of phenols is 1. The maximum absolute atomic E-state index is 10.2. The Bertz CT molecular complexity index is 414. The molecule has 0 heterocycles. The van der Waals surface area contributed by atoms with E-state index in [2.05, 4.69) is 39.8 Å². The molecule has 0 aliphatic heterocycles. The fourth-order valence-electron chi connectivity index (χ4n) is 1.94. The molecule has 0 atom stereocenters. The minimum absolute atomic E-state index is 0.485. The minimum Gasteiger partial charge on any atom is -0.507 e. The van der Waals surface area contributed by atoms with Gasteiger partial charge in [0.1, 0.15) is 5.75 Å². The summed E-state index contributed by atoms with van der Waals surface area (Å²) in [6, 6.07) is 4.31. The van der Waals surface area contributed by atoms with Crippen LogP contribution in [0.25, 0.3) is 0 Å². The lowest BCUT2D eigenvalue weighted by Crippen LogP contribution is -1.95. The van der Waals surface area contributed by atoms with Gasteiger partial charge in [0.05, 0.1) is 0 Å². The van der Waals surface area contributed by atoms with Gasteiger partial charge in [0.2, 0.25) is 0 Å². The van der Waals surface area contributed by atoms with Gasteiger partial charge in [-0.3, -0.25) is 0 Å². The van der Waals surface area contributed by atoms with E-state index in [1.165, 1.54) is 11.3 Å². The van der Waals surface area contributed by atoms with Gasteiger partial charge in [0, 0.05) is 17.1 Å². The van der Waals surface area contributed by atoms with Crippen LogP contribution in [0.15, 0.2) is 12.1 Å². The van der Waals surface area contributed by atoms with Crippen molar-refractivity contribution in [2.24, 2.45) is 11.8 Å². The Balaban J connectivity index is 2.65. The molecule has 0 radical (unpaired) electrons. The summed E-state index contributed by atoms with van der Waals surface area (Å²) in [6.07, 6.45) is 0. The van der Waals surface area contributed by atoms with Crippen molar-refractivity contribution in [1.29, 1.82) is 0 Å². The first kappa shape index (κ1) is 17.8. The zero-order valence-electron chi connectivity index (χ0n) is 13.4. The van der Waals surface area contributed by atoms with E-state index in [9.17, 15) is 5.11 Å². The third kappa shape index (κ3) is 6.45. The zero-order valence-corrected chi connectivity index (χ0v) is 15.0. The highest BCUT2D eigenvalue weighted by Gasteiger charge is 2.08. The van der Waals surface area contributed by atoms with Gasteiger partial charge in [0.25, 0.3) is 0 Å². The lowest BCUT2D eigenvalue weighted by Gasteiger charge is -2.12. The van der Waals surface area contributed by atoms with Crippen LogP contribution in [0.1, 0.15) is 44.4 Å². The van der Waals surface area contributed by atoms with Crippen molar-refractivity contribution in [3.63, 3.8) is 0 Å². The molecule has 0 saturated carbocycles. The lowest BCUT2D eigenvalue weighted by molar-refractivity contribution is 0.466. The van der Waals surface area contributed by atoms with Gasteiger partial charge in [-0.25, -0.2) is 0 Å². The molecule has 3 heteroatoms. The molecule has 1 N–H and O–H groups in total.